The first-order chi connectivity index (χ1) is 14.8. The Morgan fingerprint density at radius 3 is 2.43 bits per heavy atom. The normalized spacial score (nSPS) is 15.1. The van der Waals surface area contributed by atoms with E-state index < -0.39 is 0 Å². The number of aromatic nitrogens is 4. The maximum absolute atomic E-state index is 6.11. The molecule has 1 aliphatic rings. The number of fused-ring (bicyclic) bond motifs is 1. The molecular formula is C23H21N5O2. The lowest BCUT2D eigenvalue weighted by Gasteiger charge is -2.26. The summed E-state index contributed by atoms with van der Waals surface area (Å²) in [7, 11) is 0. The van der Waals surface area contributed by atoms with Crippen LogP contribution in [0.4, 0.5) is 5.95 Å². The minimum atomic E-state index is -0.0296. The van der Waals surface area contributed by atoms with E-state index in [0.717, 1.165) is 47.0 Å². The fourth-order valence-corrected chi connectivity index (χ4v) is 3.61. The molecule has 0 saturated carbocycles. The molecule has 0 amide bonds. The fraction of sp³-hybridized carbons (Fsp3) is 0.174. The summed E-state index contributed by atoms with van der Waals surface area (Å²) in [6.07, 6.45) is 6.07. The topological polar surface area (TPSA) is 88.1 Å². The van der Waals surface area contributed by atoms with Crippen LogP contribution in [-0.2, 0) is 6.54 Å². The van der Waals surface area contributed by atoms with Crippen LogP contribution in [0.3, 0.4) is 0 Å². The number of para-hydroxylation sites is 2. The second-order valence-corrected chi connectivity index (χ2v) is 7.12. The largest absolute Gasteiger partial charge is 0.486 e. The molecule has 1 atom stereocenters. The Kier molecular flexibility index (Phi) is 4.77. The minimum absolute atomic E-state index is 0.0296. The predicted octanol–water partition coefficient (Wildman–Crippen LogP) is 3.82. The summed E-state index contributed by atoms with van der Waals surface area (Å²) in [5.41, 5.74) is 9.43. The van der Waals surface area contributed by atoms with Crippen LogP contribution in [0.2, 0.25) is 0 Å². The molecule has 0 fully saturated rings. The Hall–Kier alpha value is -3.87. The molecule has 2 aromatic carbocycles. The van der Waals surface area contributed by atoms with Crippen molar-refractivity contribution in [1.82, 2.24) is 19.5 Å². The van der Waals surface area contributed by atoms with Gasteiger partial charge >= 0.3 is 0 Å². The second kappa shape index (κ2) is 7.87. The molecule has 0 spiro atoms. The van der Waals surface area contributed by atoms with Gasteiger partial charge in [0.15, 0.2) is 11.5 Å². The summed E-state index contributed by atoms with van der Waals surface area (Å²) in [6, 6.07) is 17.8. The van der Waals surface area contributed by atoms with Crippen molar-refractivity contribution in [2.75, 3.05) is 12.3 Å². The molecule has 0 unspecified atom stereocenters. The van der Waals surface area contributed by atoms with Crippen LogP contribution in [0.25, 0.3) is 22.5 Å². The molecule has 7 nitrogen and oxygen atoms in total. The predicted molar refractivity (Wildman–Crippen MR) is 114 cm³/mol. The third-order valence-electron chi connectivity index (χ3n) is 5.09. The maximum Gasteiger partial charge on any atom is 0.219 e. The minimum Gasteiger partial charge on any atom is -0.486 e. The Bertz CT molecular complexity index is 1140. The zero-order valence-corrected chi connectivity index (χ0v) is 16.3. The number of nitrogens with zero attached hydrogens (tertiary/aromatic N) is 4. The molecule has 4 aromatic rings. The summed E-state index contributed by atoms with van der Waals surface area (Å²) < 4.78 is 14.1. The highest BCUT2D eigenvalue weighted by Crippen LogP contribution is 2.33. The quantitative estimate of drug-likeness (QED) is 0.549. The number of ether oxygens (including phenoxy) is 2. The van der Waals surface area contributed by atoms with Gasteiger partial charge in [0.25, 0.3) is 0 Å². The summed E-state index contributed by atoms with van der Waals surface area (Å²) in [5, 5.41) is 0. The van der Waals surface area contributed by atoms with E-state index in [9.17, 15) is 0 Å². The molecule has 30 heavy (non-hydrogen) atoms. The highest BCUT2D eigenvalue weighted by Gasteiger charge is 2.22. The van der Waals surface area contributed by atoms with Crippen LogP contribution >= 0.6 is 0 Å². The lowest BCUT2D eigenvalue weighted by molar-refractivity contribution is 0.0817. The number of nitrogen functional groups attached to an aromatic ring is 1. The van der Waals surface area contributed by atoms with Gasteiger partial charge in [-0.1, -0.05) is 42.5 Å². The van der Waals surface area contributed by atoms with E-state index in [1.165, 1.54) is 0 Å². The molecule has 3 heterocycles. The first-order valence-corrected chi connectivity index (χ1v) is 9.85. The molecule has 5 rings (SSSR count). The first kappa shape index (κ1) is 18.2. The number of hydrogen-bond donors (Lipinski definition) is 1. The zero-order valence-electron chi connectivity index (χ0n) is 16.3. The van der Waals surface area contributed by atoms with Gasteiger partial charge in [0.05, 0.1) is 17.7 Å². The average Bonchev–Trinajstić information content (AvgIpc) is 3.22. The van der Waals surface area contributed by atoms with Crippen molar-refractivity contribution in [2.45, 2.75) is 19.1 Å². The van der Waals surface area contributed by atoms with Gasteiger partial charge in [0.1, 0.15) is 12.7 Å². The Morgan fingerprint density at radius 2 is 1.63 bits per heavy atom. The van der Waals surface area contributed by atoms with Gasteiger partial charge in [-0.15, -0.1) is 0 Å². The third kappa shape index (κ3) is 3.57. The zero-order chi connectivity index (χ0) is 20.3. The van der Waals surface area contributed by atoms with Gasteiger partial charge in [-0.3, -0.25) is 0 Å². The fourth-order valence-electron chi connectivity index (χ4n) is 3.61. The SMILES string of the molecule is Nc1ncc(-c2c(-c3ccccc3)ncn2CC[C@@H]2COc3ccccc3O2)cn1. The lowest BCUT2D eigenvalue weighted by atomic mass is 10.1. The smallest absolute Gasteiger partial charge is 0.219 e. The van der Waals surface area contributed by atoms with Crippen molar-refractivity contribution >= 4 is 5.95 Å². The van der Waals surface area contributed by atoms with E-state index in [4.69, 9.17) is 15.2 Å². The van der Waals surface area contributed by atoms with E-state index in [-0.39, 0.29) is 12.1 Å². The van der Waals surface area contributed by atoms with Crippen LogP contribution < -0.4 is 15.2 Å². The number of aryl methyl sites for hydroxylation is 1. The number of anilines is 1. The van der Waals surface area contributed by atoms with Crippen LogP contribution in [0.1, 0.15) is 6.42 Å². The summed E-state index contributed by atoms with van der Waals surface area (Å²) >= 11 is 0. The monoisotopic (exact) mass is 399 g/mol. The molecule has 2 N–H and O–H groups in total. The molecule has 7 heteroatoms. The van der Waals surface area contributed by atoms with Crippen LogP contribution in [0, 0.1) is 0 Å². The summed E-state index contributed by atoms with van der Waals surface area (Å²) in [6.45, 7) is 1.24. The summed E-state index contributed by atoms with van der Waals surface area (Å²) in [4.78, 5) is 13.0. The van der Waals surface area contributed by atoms with Crippen molar-refractivity contribution in [3.05, 3.63) is 73.3 Å². The number of imidazole rings is 1. The van der Waals surface area contributed by atoms with Gasteiger partial charge in [-0.25, -0.2) is 15.0 Å². The standard InChI is InChI=1S/C23H21N5O2/c24-23-25-12-17(13-26-23)22-21(16-6-2-1-3-7-16)27-15-28(22)11-10-18-14-29-19-8-4-5-9-20(19)30-18/h1-9,12-13,15,18H,10-11,14H2,(H2,24,25,26)/t18-/m1/s1. The van der Waals surface area contributed by atoms with E-state index in [0.29, 0.717) is 6.61 Å². The Balaban J connectivity index is 1.42. The van der Waals surface area contributed by atoms with Crippen molar-refractivity contribution in [3.8, 4) is 34.0 Å². The molecular weight excluding hydrogens is 378 g/mol. The number of rotatable bonds is 5. The van der Waals surface area contributed by atoms with Gasteiger partial charge in [0, 0.05) is 36.5 Å². The van der Waals surface area contributed by atoms with E-state index >= 15 is 0 Å². The van der Waals surface area contributed by atoms with Gasteiger partial charge in [-0.05, 0) is 12.1 Å². The highest BCUT2D eigenvalue weighted by molar-refractivity contribution is 5.78. The van der Waals surface area contributed by atoms with E-state index in [2.05, 4.69) is 19.5 Å². The Labute approximate surface area is 174 Å². The second-order valence-electron chi connectivity index (χ2n) is 7.12. The van der Waals surface area contributed by atoms with Gasteiger partial charge in [-0.2, -0.15) is 0 Å². The molecule has 2 aromatic heterocycles. The van der Waals surface area contributed by atoms with Crippen LogP contribution in [-0.4, -0.2) is 32.2 Å². The molecule has 1 aliphatic heterocycles. The van der Waals surface area contributed by atoms with Crippen LogP contribution in [0.5, 0.6) is 11.5 Å². The van der Waals surface area contributed by atoms with E-state index in [1.807, 2.05) is 60.9 Å². The van der Waals surface area contributed by atoms with E-state index in [1.54, 1.807) is 12.4 Å². The van der Waals surface area contributed by atoms with Crippen molar-refractivity contribution in [2.24, 2.45) is 0 Å². The first-order valence-electron chi connectivity index (χ1n) is 9.85. The maximum atomic E-state index is 6.11. The van der Waals surface area contributed by atoms with Crippen molar-refractivity contribution in [1.29, 1.82) is 0 Å². The molecule has 150 valence electrons. The number of hydrogen-bond acceptors (Lipinski definition) is 6. The Morgan fingerprint density at radius 1 is 0.900 bits per heavy atom. The van der Waals surface area contributed by atoms with Gasteiger partial charge < -0.3 is 19.8 Å². The third-order valence-corrected chi connectivity index (χ3v) is 5.09. The molecule has 0 bridgehead atoms. The molecule has 0 radical (unpaired) electrons. The lowest BCUT2D eigenvalue weighted by Crippen LogP contribution is -2.30. The molecule has 0 aliphatic carbocycles. The van der Waals surface area contributed by atoms with Crippen LogP contribution in [0.15, 0.2) is 73.3 Å². The highest BCUT2D eigenvalue weighted by atomic mass is 16.6. The number of benzene rings is 2. The average molecular weight is 399 g/mol. The number of nitrogens with two attached hydrogens (primary N) is 1. The molecule has 0 saturated heterocycles. The van der Waals surface area contributed by atoms with Crippen molar-refractivity contribution < 1.29 is 9.47 Å². The van der Waals surface area contributed by atoms with Crippen molar-refractivity contribution in [3.63, 3.8) is 0 Å². The van der Waals surface area contributed by atoms with Gasteiger partial charge in [0.2, 0.25) is 5.95 Å². The summed E-state index contributed by atoms with van der Waals surface area (Å²) in [5.74, 6) is 1.83.